The predicted octanol–water partition coefficient (Wildman–Crippen LogP) is 3.21. The summed E-state index contributed by atoms with van der Waals surface area (Å²) < 4.78 is 20.4. The molecule has 0 aliphatic rings. The number of ether oxygens (including phenoxy) is 1. The first kappa shape index (κ1) is 16.0. The summed E-state index contributed by atoms with van der Waals surface area (Å²) in [7, 11) is 0. The molecule has 0 amide bonds. The number of nitrogens with zero attached hydrogens (tertiary/aromatic N) is 5. The molecule has 0 saturated carbocycles. The molecule has 124 valence electrons. The van der Waals surface area contributed by atoms with Crippen molar-refractivity contribution in [1.82, 2.24) is 25.0 Å². The molecule has 1 aromatic carbocycles. The summed E-state index contributed by atoms with van der Waals surface area (Å²) in [6.45, 7) is 6.07. The minimum absolute atomic E-state index is 0.210. The maximum Gasteiger partial charge on any atom is 0.316 e. The van der Waals surface area contributed by atoms with Crippen molar-refractivity contribution < 1.29 is 9.13 Å². The summed E-state index contributed by atoms with van der Waals surface area (Å²) in [4.78, 5) is 8.34. The van der Waals surface area contributed by atoms with Gasteiger partial charge >= 0.3 is 6.01 Å². The van der Waals surface area contributed by atoms with Crippen LogP contribution in [-0.2, 0) is 6.61 Å². The Morgan fingerprint density at radius 2 is 1.96 bits per heavy atom. The van der Waals surface area contributed by atoms with Crippen LogP contribution in [0.15, 0.2) is 36.8 Å². The lowest BCUT2D eigenvalue weighted by Crippen LogP contribution is -2.01. The fourth-order valence-electron chi connectivity index (χ4n) is 2.10. The maximum absolute atomic E-state index is 13.3. The second-order valence-corrected chi connectivity index (χ2v) is 5.83. The van der Waals surface area contributed by atoms with Gasteiger partial charge in [-0.15, -0.1) is 5.10 Å². The molecule has 2 heterocycles. The first-order chi connectivity index (χ1) is 11.5. The highest BCUT2D eigenvalue weighted by atomic mass is 19.1. The standard InChI is InChI=1S/C17H18FN5O/c1-11(2)13-7-19-17(20-8-13)24-10-14-9-23(22-21-14)15-4-5-16(18)12(3)6-15/h4-9,11H,10H2,1-3H3. The number of benzene rings is 1. The van der Waals surface area contributed by atoms with Gasteiger partial charge in [-0.25, -0.2) is 19.0 Å². The van der Waals surface area contributed by atoms with Crippen molar-refractivity contribution in [3.8, 4) is 11.7 Å². The second kappa shape index (κ2) is 6.74. The monoisotopic (exact) mass is 327 g/mol. The fraction of sp³-hybridized carbons (Fsp3) is 0.294. The van der Waals surface area contributed by atoms with E-state index in [2.05, 4.69) is 34.1 Å². The van der Waals surface area contributed by atoms with E-state index in [-0.39, 0.29) is 12.4 Å². The fourth-order valence-corrected chi connectivity index (χ4v) is 2.10. The Bertz CT molecular complexity index is 829. The van der Waals surface area contributed by atoms with Crippen molar-refractivity contribution in [2.24, 2.45) is 0 Å². The SMILES string of the molecule is Cc1cc(-n2cc(COc3ncc(C(C)C)cn3)nn2)ccc1F. The van der Waals surface area contributed by atoms with E-state index in [0.717, 1.165) is 11.3 Å². The molecule has 0 radical (unpaired) electrons. The number of rotatable bonds is 5. The van der Waals surface area contributed by atoms with Crippen LogP contribution in [0.25, 0.3) is 5.69 Å². The second-order valence-electron chi connectivity index (χ2n) is 5.83. The molecule has 3 aromatic rings. The van der Waals surface area contributed by atoms with Crippen LogP contribution >= 0.6 is 0 Å². The summed E-state index contributed by atoms with van der Waals surface area (Å²) in [5.41, 5.74) is 2.98. The van der Waals surface area contributed by atoms with Crippen LogP contribution in [0.5, 0.6) is 6.01 Å². The van der Waals surface area contributed by atoms with Crippen LogP contribution in [0.4, 0.5) is 4.39 Å². The van der Waals surface area contributed by atoms with Crippen molar-refractivity contribution in [3.05, 3.63) is 59.4 Å². The Labute approximate surface area is 139 Å². The third kappa shape index (κ3) is 3.56. The molecule has 3 rings (SSSR count). The van der Waals surface area contributed by atoms with Crippen LogP contribution < -0.4 is 4.74 Å². The highest BCUT2D eigenvalue weighted by Gasteiger charge is 2.07. The smallest absolute Gasteiger partial charge is 0.316 e. The molecule has 0 fully saturated rings. The number of halogens is 1. The lowest BCUT2D eigenvalue weighted by atomic mass is 10.1. The minimum atomic E-state index is -0.246. The van der Waals surface area contributed by atoms with Crippen molar-refractivity contribution in [3.63, 3.8) is 0 Å². The third-order valence-corrected chi connectivity index (χ3v) is 3.61. The van der Waals surface area contributed by atoms with E-state index < -0.39 is 0 Å². The maximum atomic E-state index is 13.3. The van der Waals surface area contributed by atoms with Gasteiger partial charge in [0.1, 0.15) is 18.1 Å². The Morgan fingerprint density at radius 3 is 2.62 bits per heavy atom. The molecule has 0 aliphatic heterocycles. The third-order valence-electron chi connectivity index (χ3n) is 3.61. The molecular formula is C17H18FN5O. The van der Waals surface area contributed by atoms with Gasteiger partial charge in [-0.3, -0.25) is 0 Å². The molecule has 0 saturated heterocycles. The van der Waals surface area contributed by atoms with Crippen LogP contribution in [-0.4, -0.2) is 25.0 Å². The molecule has 0 bridgehead atoms. The lowest BCUT2D eigenvalue weighted by Gasteiger charge is -2.05. The summed E-state index contributed by atoms with van der Waals surface area (Å²) in [6.07, 6.45) is 5.24. The van der Waals surface area contributed by atoms with E-state index >= 15 is 0 Å². The number of aromatic nitrogens is 5. The normalized spacial score (nSPS) is 11.0. The highest BCUT2D eigenvalue weighted by Crippen LogP contribution is 2.15. The van der Waals surface area contributed by atoms with Gasteiger partial charge in [-0.05, 0) is 42.2 Å². The van der Waals surface area contributed by atoms with E-state index in [1.807, 2.05) is 0 Å². The van der Waals surface area contributed by atoms with Gasteiger partial charge in [0.2, 0.25) is 0 Å². The molecule has 2 aromatic heterocycles. The van der Waals surface area contributed by atoms with Gasteiger partial charge in [-0.2, -0.15) is 0 Å². The van der Waals surface area contributed by atoms with E-state index in [0.29, 0.717) is 23.2 Å². The van der Waals surface area contributed by atoms with Gasteiger partial charge < -0.3 is 4.74 Å². The molecule has 6 nitrogen and oxygen atoms in total. The molecular weight excluding hydrogens is 309 g/mol. The summed E-state index contributed by atoms with van der Waals surface area (Å²) in [6, 6.07) is 5.07. The van der Waals surface area contributed by atoms with Crippen molar-refractivity contribution in [1.29, 1.82) is 0 Å². The molecule has 0 spiro atoms. The van der Waals surface area contributed by atoms with Crippen molar-refractivity contribution >= 4 is 0 Å². The van der Waals surface area contributed by atoms with E-state index in [1.165, 1.54) is 6.07 Å². The van der Waals surface area contributed by atoms with Crippen LogP contribution in [0.3, 0.4) is 0 Å². The average Bonchev–Trinajstić information content (AvgIpc) is 3.05. The molecule has 0 N–H and O–H groups in total. The predicted molar refractivity (Wildman–Crippen MR) is 86.5 cm³/mol. The van der Waals surface area contributed by atoms with Gasteiger partial charge in [-0.1, -0.05) is 19.1 Å². The van der Waals surface area contributed by atoms with Crippen LogP contribution in [0, 0.1) is 12.7 Å². The Morgan fingerprint density at radius 1 is 1.21 bits per heavy atom. The molecule has 24 heavy (non-hydrogen) atoms. The van der Waals surface area contributed by atoms with Crippen LogP contribution in [0.2, 0.25) is 0 Å². The van der Waals surface area contributed by atoms with Gasteiger partial charge in [0.25, 0.3) is 0 Å². The summed E-state index contributed by atoms with van der Waals surface area (Å²) in [5.74, 6) is 0.127. The summed E-state index contributed by atoms with van der Waals surface area (Å²) >= 11 is 0. The van der Waals surface area contributed by atoms with Gasteiger partial charge in [0.05, 0.1) is 11.9 Å². The highest BCUT2D eigenvalue weighted by molar-refractivity contribution is 5.35. The molecule has 0 atom stereocenters. The summed E-state index contributed by atoms with van der Waals surface area (Å²) in [5, 5.41) is 8.07. The van der Waals surface area contributed by atoms with E-state index in [1.54, 1.807) is 42.3 Å². The van der Waals surface area contributed by atoms with Crippen molar-refractivity contribution in [2.45, 2.75) is 33.3 Å². The topological polar surface area (TPSA) is 65.7 Å². The first-order valence-corrected chi connectivity index (χ1v) is 7.65. The zero-order chi connectivity index (χ0) is 17.1. The number of aryl methyl sites for hydroxylation is 1. The Balaban J connectivity index is 1.66. The number of hydrogen-bond acceptors (Lipinski definition) is 5. The Kier molecular flexibility index (Phi) is 4.50. The quantitative estimate of drug-likeness (QED) is 0.720. The van der Waals surface area contributed by atoms with E-state index in [4.69, 9.17) is 4.74 Å². The van der Waals surface area contributed by atoms with Crippen LogP contribution in [0.1, 0.15) is 36.6 Å². The lowest BCUT2D eigenvalue weighted by molar-refractivity contribution is 0.276. The zero-order valence-electron chi connectivity index (χ0n) is 13.8. The molecule has 0 unspecified atom stereocenters. The minimum Gasteiger partial charge on any atom is -0.457 e. The molecule has 0 aliphatic carbocycles. The number of hydrogen-bond donors (Lipinski definition) is 0. The first-order valence-electron chi connectivity index (χ1n) is 7.65. The van der Waals surface area contributed by atoms with Gasteiger partial charge in [0.15, 0.2) is 0 Å². The largest absolute Gasteiger partial charge is 0.457 e. The van der Waals surface area contributed by atoms with Gasteiger partial charge in [0, 0.05) is 12.4 Å². The Hall–Kier alpha value is -2.83. The zero-order valence-corrected chi connectivity index (χ0v) is 13.8. The molecule has 7 heteroatoms. The van der Waals surface area contributed by atoms with E-state index in [9.17, 15) is 4.39 Å². The van der Waals surface area contributed by atoms with Crippen molar-refractivity contribution in [2.75, 3.05) is 0 Å². The average molecular weight is 327 g/mol.